The fourth-order valence-electron chi connectivity index (χ4n) is 1.73. The first-order chi connectivity index (χ1) is 9.62. The van der Waals surface area contributed by atoms with Gasteiger partial charge >= 0.3 is 5.91 Å². The number of hydrogen-bond acceptors (Lipinski definition) is 7. The van der Waals surface area contributed by atoms with E-state index >= 15 is 0 Å². The molecule has 1 aromatic carbocycles. The Balaban J connectivity index is 2.36. The van der Waals surface area contributed by atoms with Crippen LogP contribution < -0.4 is 19.3 Å². The Morgan fingerprint density at radius 2 is 1.90 bits per heavy atom. The van der Waals surface area contributed by atoms with Crippen LogP contribution in [0, 0.1) is 0 Å². The Hall–Kier alpha value is -2.03. The molecule has 0 saturated heterocycles. The highest BCUT2D eigenvalue weighted by molar-refractivity contribution is 5.97. The minimum Gasteiger partial charge on any atom is -0.493 e. The van der Waals surface area contributed by atoms with Crippen LogP contribution in [0.2, 0.25) is 0 Å². The van der Waals surface area contributed by atoms with Gasteiger partial charge in [-0.25, -0.2) is 0 Å². The molecular formula is C12H15NO7. The van der Waals surface area contributed by atoms with Crippen molar-refractivity contribution in [3.8, 4) is 17.2 Å². The minimum absolute atomic E-state index is 0.143. The SMILES string of the molecule is COCOC1Oc2cc(OC)c(OC)cc2N(O)C1=O. The van der Waals surface area contributed by atoms with Crippen molar-refractivity contribution in [2.24, 2.45) is 0 Å². The highest BCUT2D eigenvalue weighted by atomic mass is 16.8. The van der Waals surface area contributed by atoms with Gasteiger partial charge in [-0.15, -0.1) is 0 Å². The number of rotatable bonds is 5. The molecule has 20 heavy (non-hydrogen) atoms. The van der Waals surface area contributed by atoms with Gasteiger partial charge < -0.3 is 23.7 Å². The van der Waals surface area contributed by atoms with E-state index in [0.717, 1.165) is 0 Å². The second kappa shape index (κ2) is 5.95. The van der Waals surface area contributed by atoms with Crippen molar-refractivity contribution in [3.63, 3.8) is 0 Å². The highest BCUT2D eigenvalue weighted by Gasteiger charge is 2.36. The summed E-state index contributed by atoms with van der Waals surface area (Å²) in [5, 5.41) is 10.3. The van der Waals surface area contributed by atoms with Crippen LogP contribution in [-0.4, -0.2) is 45.5 Å². The molecule has 1 N–H and O–H groups in total. The molecule has 110 valence electrons. The second-order valence-corrected chi connectivity index (χ2v) is 3.85. The van der Waals surface area contributed by atoms with Gasteiger partial charge in [-0.2, -0.15) is 5.06 Å². The molecule has 0 spiro atoms. The number of hydroxylamine groups is 1. The third-order valence-electron chi connectivity index (χ3n) is 2.67. The third kappa shape index (κ3) is 2.48. The number of nitrogens with zero attached hydrogens (tertiary/aromatic N) is 1. The summed E-state index contributed by atoms with van der Waals surface area (Å²) in [7, 11) is 4.32. The van der Waals surface area contributed by atoms with Crippen molar-refractivity contribution < 1.29 is 33.7 Å². The van der Waals surface area contributed by atoms with E-state index in [1.54, 1.807) is 0 Å². The zero-order valence-electron chi connectivity index (χ0n) is 11.3. The molecule has 1 heterocycles. The van der Waals surface area contributed by atoms with Crippen LogP contribution in [0.1, 0.15) is 0 Å². The average molecular weight is 285 g/mol. The molecule has 0 fully saturated rings. The Morgan fingerprint density at radius 3 is 2.50 bits per heavy atom. The second-order valence-electron chi connectivity index (χ2n) is 3.85. The fraction of sp³-hybridized carbons (Fsp3) is 0.417. The normalized spacial score (nSPS) is 17.5. The molecule has 0 aromatic heterocycles. The van der Waals surface area contributed by atoms with E-state index in [1.165, 1.54) is 33.5 Å². The molecule has 1 amide bonds. The molecule has 0 aliphatic carbocycles. The maximum Gasteiger partial charge on any atom is 0.320 e. The smallest absolute Gasteiger partial charge is 0.320 e. The van der Waals surface area contributed by atoms with Crippen LogP contribution in [0.3, 0.4) is 0 Å². The van der Waals surface area contributed by atoms with Gasteiger partial charge in [-0.1, -0.05) is 0 Å². The number of anilines is 1. The van der Waals surface area contributed by atoms with Crippen molar-refractivity contribution in [2.75, 3.05) is 33.2 Å². The molecule has 1 aliphatic rings. The molecule has 0 saturated carbocycles. The predicted octanol–water partition coefficient (Wildman–Crippen LogP) is 0.765. The largest absolute Gasteiger partial charge is 0.493 e. The quantitative estimate of drug-likeness (QED) is 0.631. The van der Waals surface area contributed by atoms with Crippen molar-refractivity contribution >= 4 is 11.6 Å². The van der Waals surface area contributed by atoms with Gasteiger partial charge in [0.2, 0.25) is 0 Å². The molecule has 8 nitrogen and oxygen atoms in total. The summed E-state index contributed by atoms with van der Waals surface area (Å²) < 4.78 is 25.3. The summed E-state index contributed by atoms with van der Waals surface area (Å²) in [5.41, 5.74) is 0.143. The van der Waals surface area contributed by atoms with E-state index in [0.29, 0.717) is 16.6 Å². The topological polar surface area (TPSA) is 86.7 Å². The van der Waals surface area contributed by atoms with Gasteiger partial charge in [0.15, 0.2) is 24.0 Å². The first-order valence-electron chi connectivity index (χ1n) is 5.68. The molecule has 0 radical (unpaired) electrons. The van der Waals surface area contributed by atoms with Crippen molar-refractivity contribution in [1.82, 2.24) is 0 Å². The number of ether oxygens (including phenoxy) is 5. The Morgan fingerprint density at radius 1 is 1.25 bits per heavy atom. The lowest BCUT2D eigenvalue weighted by molar-refractivity contribution is -0.177. The number of methoxy groups -OCH3 is 3. The van der Waals surface area contributed by atoms with Gasteiger partial charge in [0.25, 0.3) is 6.29 Å². The van der Waals surface area contributed by atoms with Crippen LogP contribution in [0.5, 0.6) is 17.2 Å². The van der Waals surface area contributed by atoms with Gasteiger partial charge in [-0.3, -0.25) is 10.0 Å². The van der Waals surface area contributed by atoms with Crippen molar-refractivity contribution in [1.29, 1.82) is 0 Å². The molecular weight excluding hydrogens is 270 g/mol. The van der Waals surface area contributed by atoms with Gasteiger partial charge in [0.1, 0.15) is 5.69 Å². The number of carbonyl (C=O) groups excluding carboxylic acids is 1. The van der Waals surface area contributed by atoms with Crippen molar-refractivity contribution in [2.45, 2.75) is 6.29 Å². The van der Waals surface area contributed by atoms with Gasteiger partial charge in [0.05, 0.1) is 14.2 Å². The highest BCUT2D eigenvalue weighted by Crippen LogP contribution is 2.42. The molecule has 1 unspecified atom stereocenters. The van der Waals surface area contributed by atoms with Crippen LogP contribution in [0.25, 0.3) is 0 Å². The Kier molecular flexibility index (Phi) is 4.28. The van der Waals surface area contributed by atoms with Crippen LogP contribution in [0.15, 0.2) is 12.1 Å². The monoisotopic (exact) mass is 285 g/mol. The summed E-state index contributed by atoms with van der Waals surface area (Å²) in [5.74, 6) is 0.227. The Labute approximate surface area is 115 Å². The minimum atomic E-state index is -1.29. The zero-order valence-corrected chi connectivity index (χ0v) is 11.3. The van der Waals surface area contributed by atoms with E-state index in [9.17, 15) is 10.0 Å². The fourth-order valence-corrected chi connectivity index (χ4v) is 1.73. The lowest BCUT2D eigenvalue weighted by Gasteiger charge is -2.30. The molecule has 1 aliphatic heterocycles. The van der Waals surface area contributed by atoms with Crippen LogP contribution >= 0.6 is 0 Å². The van der Waals surface area contributed by atoms with E-state index in [4.69, 9.17) is 23.7 Å². The summed E-state index contributed by atoms with van der Waals surface area (Å²) in [4.78, 5) is 11.8. The Bertz CT molecular complexity index is 505. The van der Waals surface area contributed by atoms with Crippen molar-refractivity contribution in [3.05, 3.63) is 12.1 Å². The van der Waals surface area contributed by atoms with Gasteiger partial charge in [-0.05, 0) is 0 Å². The number of amides is 1. The summed E-state index contributed by atoms with van der Waals surface area (Å²) in [6.07, 6.45) is -1.29. The summed E-state index contributed by atoms with van der Waals surface area (Å²) in [6, 6.07) is 2.92. The predicted molar refractivity (Wildman–Crippen MR) is 66.2 cm³/mol. The van der Waals surface area contributed by atoms with Crippen LogP contribution in [0.4, 0.5) is 5.69 Å². The first kappa shape index (κ1) is 14.4. The number of fused-ring (bicyclic) bond motifs is 1. The zero-order chi connectivity index (χ0) is 14.7. The van der Waals surface area contributed by atoms with Crippen LogP contribution in [-0.2, 0) is 14.3 Å². The maximum atomic E-state index is 11.8. The molecule has 2 rings (SSSR count). The summed E-state index contributed by atoms with van der Waals surface area (Å²) in [6.45, 7) is -0.146. The number of carbonyl (C=O) groups is 1. The van der Waals surface area contributed by atoms with E-state index in [-0.39, 0.29) is 18.2 Å². The van der Waals surface area contributed by atoms with E-state index in [2.05, 4.69) is 0 Å². The van der Waals surface area contributed by atoms with E-state index in [1.807, 2.05) is 0 Å². The van der Waals surface area contributed by atoms with E-state index < -0.39 is 12.2 Å². The molecule has 0 bridgehead atoms. The molecule has 8 heteroatoms. The summed E-state index contributed by atoms with van der Waals surface area (Å²) >= 11 is 0. The van der Waals surface area contributed by atoms with Gasteiger partial charge in [0, 0.05) is 19.2 Å². The number of hydrogen-bond donors (Lipinski definition) is 1. The lowest BCUT2D eigenvalue weighted by Crippen LogP contribution is -2.45. The average Bonchev–Trinajstić information content (AvgIpc) is 2.48. The third-order valence-corrected chi connectivity index (χ3v) is 2.67. The maximum absolute atomic E-state index is 11.8. The standard InChI is InChI=1S/C12H15NO7/c1-16-6-19-12-11(14)13(15)7-4-9(17-2)10(18-3)5-8(7)20-12/h4-5,12,15H,6H2,1-3H3. The molecule has 1 atom stereocenters. The first-order valence-corrected chi connectivity index (χ1v) is 5.68. The lowest BCUT2D eigenvalue weighted by atomic mass is 10.2. The number of benzene rings is 1. The molecule has 1 aromatic rings.